The first kappa shape index (κ1) is 19.0. The molecule has 0 saturated heterocycles. The molecule has 134 valence electrons. The van der Waals surface area contributed by atoms with Crippen molar-refractivity contribution in [2.24, 2.45) is 5.73 Å². The van der Waals surface area contributed by atoms with Crippen molar-refractivity contribution in [3.8, 4) is 6.07 Å². The number of halogens is 3. The third kappa shape index (κ3) is 4.83. The molecule has 0 radical (unpaired) electrons. The largest absolute Gasteiger partial charge is 0.416 e. The molecule has 0 bridgehead atoms. The lowest BCUT2D eigenvalue weighted by Crippen LogP contribution is -2.45. The highest BCUT2D eigenvalue weighted by atomic mass is 19.4. The Bertz CT molecular complexity index is 838. The minimum atomic E-state index is -4.45. The third-order valence-corrected chi connectivity index (χ3v) is 3.65. The van der Waals surface area contributed by atoms with Crippen LogP contribution in [0, 0.1) is 11.3 Å². The summed E-state index contributed by atoms with van der Waals surface area (Å²) >= 11 is 0. The highest BCUT2D eigenvalue weighted by molar-refractivity contribution is 5.97. The van der Waals surface area contributed by atoms with Gasteiger partial charge >= 0.3 is 6.18 Å². The number of nitriles is 1. The van der Waals surface area contributed by atoms with Crippen LogP contribution in [0.2, 0.25) is 0 Å². The molecule has 0 heterocycles. The Morgan fingerprint density at radius 1 is 1.08 bits per heavy atom. The maximum absolute atomic E-state index is 12.6. The summed E-state index contributed by atoms with van der Waals surface area (Å²) < 4.78 is 37.7. The van der Waals surface area contributed by atoms with E-state index in [0.717, 1.165) is 12.1 Å². The van der Waals surface area contributed by atoms with Crippen LogP contribution in [-0.2, 0) is 17.4 Å². The van der Waals surface area contributed by atoms with Crippen LogP contribution in [0.15, 0.2) is 48.5 Å². The number of alkyl halides is 3. The number of hydrogen-bond acceptors (Lipinski definition) is 3. The summed E-state index contributed by atoms with van der Waals surface area (Å²) in [7, 11) is 0. The second-order valence-electron chi connectivity index (χ2n) is 5.52. The Labute approximate surface area is 147 Å². The lowest BCUT2D eigenvalue weighted by atomic mass is 10.0. The van der Waals surface area contributed by atoms with Crippen molar-refractivity contribution >= 4 is 11.8 Å². The summed E-state index contributed by atoms with van der Waals surface area (Å²) in [6, 6.07) is 10.8. The second-order valence-corrected chi connectivity index (χ2v) is 5.52. The fraction of sp³-hybridized carbons (Fsp3) is 0.167. The molecule has 3 N–H and O–H groups in total. The fourth-order valence-electron chi connectivity index (χ4n) is 2.23. The molecule has 1 atom stereocenters. The van der Waals surface area contributed by atoms with E-state index in [1.165, 1.54) is 36.4 Å². The number of rotatable bonds is 5. The molecule has 0 aliphatic heterocycles. The quantitative estimate of drug-likeness (QED) is 0.856. The highest BCUT2D eigenvalue weighted by Crippen LogP contribution is 2.29. The van der Waals surface area contributed by atoms with Crippen molar-refractivity contribution in [1.82, 2.24) is 5.32 Å². The molecule has 0 aliphatic rings. The summed E-state index contributed by atoms with van der Waals surface area (Å²) in [5.74, 6) is -1.39. The van der Waals surface area contributed by atoms with Gasteiger partial charge in [0.25, 0.3) is 5.91 Å². The van der Waals surface area contributed by atoms with Crippen LogP contribution in [0.1, 0.15) is 27.0 Å². The molecule has 2 aromatic carbocycles. The van der Waals surface area contributed by atoms with Gasteiger partial charge in [0.15, 0.2) is 0 Å². The van der Waals surface area contributed by atoms with Gasteiger partial charge in [0, 0.05) is 12.0 Å². The maximum Gasteiger partial charge on any atom is 0.416 e. The van der Waals surface area contributed by atoms with Gasteiger partial charge in [0.1, 0.15) is 6.04 Å². The van der Waals surface area contributed by atoms with Gasteiger partial charge in [-0.15, -0.1) is 0 Å². The van der Waals surface area contributed by atoms with E-state index in [4.69, 9.17) is 11.0 Å². The van der Waals surface area contributed by atoms with Crippen LogP contribution in [0.4, 0.5) is 13.2 Å². The molecule has 0 saturated carbocycles. The van der Waals surface area contributed by atoms with E-state index in [1.807, 2.05) is 6.07 Å². The average Bonchev–Trinajstić information content (AvgIpc) is 2.60. The van der Waals surface area contributed by atoms with Crippen molar-refractivity contribution in [3.63, 3.8) is 0 Å². The number of carbonyl (C=O) groups excluding carboxylic acids is 2. The van der Waals surface area contributed by atoms with Gasteiger partial charge in [-0.2, -0.15) is 18.4 Å². The lowest BCUT2D eigenvalue weighted by Gasteiger charge is -2.16. The second kappa shape index (κ2) is 7.70. The van der Waals surface area contributed by atoms with Gasteiger partial charge in [-0.05, 0) is 42.0 Å². The van der Waals surface area contributed by atoms with E-state index in [0.29, 0.717) is 11.1 Å². The van der Waals surface area contributed by atoms with E-state index >= 15 is 0 Å². The molecule has 2 aromatic rings. The topological polar surface area (TPSA) is 96.0 Å². The molecule has 5 nitrogen and oxygen atoms in total. The van der Waals surface area contributed by atoms with Crippen LogP contribution < -0.4 is 11.1 Å². The monoisotopic (exact) mass is 361 g/mol. The Morgan fingerprint density at radius 2 is 1.65 bits per heavy atom. The molecule has 0 fully saturated rings. The Hall–Kier alpha value is -3.34. The van der Waals surface area contributed by atoms with Crippen LogP contribution in [0.25, 0.3) is 0 Å². The molecule has 26 heavy (non-hydrogen) atoms. The van der Waals surface area contributed by atoms with E-state index in [-0.39, 0.29) is 12.0 Å². The molecule has 0 spiro atoms. The zero-order valence-electron chi connectivity index (χ0n) is 13.4. The Balaban J connectivity index is 2.10. The lowest BCUT2D eigenvalue weighted by molar-refractivity contribution is -0.137. The summed E-state index contributed by atoms with van der Waals surface area (Å²) in [5.41, 5.74) is 5.49. The van der Waals surface area contributed by atoms with E-state index < -0.39 is 29.6 Å². The number of nitrogens with one attached hydrogen (secondary N) is 1. The zero-order valence-corrected chi connectivity index (χ0v) is 13.4. The number of amides is 2. The highest BCUT2D eigenvalue weighted by Gasteiger charge is 2.30. The standard InChI is InChI=1S/C18H14F3N3O2/c19-18(20,21)14-7-3-11(4-8-14)9-15(16(23)25)24-17(26)13-5-1-12(10-22)2-6-13/h1-8,15H,9H2,(H2,23,25)(H,24,26)/t15-/m1/s1. The van der Waals surface area contributed by atoms with Crippen molar-refractivity contribution in [2.75, 3.05) is 0 Å². The summed E-state index contributed by atoms with van der Waals surface area (Å²) in [6.45, 7) is 0. The average molecular weight is 361 g/mol. The van der Waals surface area contributed by atoms with Crippen molar-refractivity contribution < 1.29 is 22.8 Å². The number of primary amides is 1. The number of nitrogens with zero attached hydrogens (tertiary/aromatic N) is 1. The number of hydrogen-bond donors (Lipinski definition) is 2. The molecule has 0 aromatic heterocycles. The summed E-state index contributed by atoms with van der Waals surface area (Å²) in [5, 5.41) is 11.2. The van der Waals surface area contributed by atoms with Crippen LogP contribution in [0.5, 0.6) is 0 Å². The number of benzene rings is 2. The first-order valence-electron chi connectivity index (χ1n) is 7.47. The van der Waals surface area contributed by atoms with Gasteiger partial charge in [-0.1, -0.05) is 12.1 Å². The fourth-order valence-corrected chi connectivity index (χ4v) is 2.23. The number of carbonyl (C=O) groups is 2. The predicted octanol–water partition coefficient (Wildman–Crippen LogP) is 2.40. The molecule has 0 unspecified atom stereocenters. The predicted molar refractivity (Wildman–Crippen MR) is 86.8 cm³/mol. The maximum atomic E-state index is 12.6. The van der Waals surface area contributed by atoms with E-state index in [2.05, 4.69) is 5.32 Å². The first-order chi connectivity index (χ1) is 12.2. The van der Waals surface area contributed by atoms with Crippen LogP contribution >= 0.6 is 0 Å². The first-order valence-corrected chi connectivity index (χ1v) is 7.47. The van der Waals surface area contributed by atoms with Crippen molar-refractivity contribution in [1.29, 1.82) is 5.26 Å². The van der Waals surface area contributed by atoms with Crippen molar-refractivity contribution in [2.45, 2.75) is 18.6 Å². The molecule has 0 aliphatic carbocycles. The van der Waals surface area contributed by atoms with Gasteiger partial charge in [0.2, 0.25) is 5.91 Å². The molecule has 2 amide bonds. The molecular weight excluding hydrogens is 347 g/mol. The van der Waals surface area contributed by atoms with Crippen LogP contribution in [0.3, 0.4) is 0 Å². The Kier molecular flexibility index (Phi) is 5.62. The smallest absolute Gasteiger partial charge is 0.368 e. The van der Waals surface area contributed by atoms with E-state index in [1.54, 1.807) is 0 Å². The van der Waals surface area contributed by atoms with Crippen molar-refractivity contribution in [3.05, 3.63) is 70.8 Å². The van der Waals surface area contributed by atoms with E-state index in [9.17, 15) is 22.8 Å². The SMILES string of the molecule is N#Cc1ccc(C(=O)N[C@H](Cc2ccc(C(F)(F)F)cc2)C(N)=O)cc1. The number of nitrogens with two attached hydrogens (primary N) is 1. The Morgan fingerprint density at radius 3 is 2.12 bits per heavy atom. The molecular formula is C18H14F3N3O2. The minimum absolute atomic E-state index is 0.0461. The summed E-state index contributed by atoms with van der Waals surface area (Å²) in [4.78, 5) is 23.8. The molecule has 8 heteroatoms. The van der Waals surface area contributed by atoms with Gasteiger partial charge in [0.05, 0.1) is 17.2 Å². The van der Waals surface area contributed by atoms with Gasteiger partial charge in [-0.25, -0.2) is 0 Å². The zero-order chi connectivity index (χ0) is 19.3. The molecule has 2 rings (SSSR count). The van der Waals surface area contributed by atoms with Crippen LogP contribution in [-0.4, -0.2) is 17.9 Å². The third-order valence-electron chi connectivity index (χ3n) is 3.65. The van der Waals surface area contributed by atoms with Gasteiger partial charge in [-0.3, -0.25) is 9.59 Å². The minimum Gasteiger partial charge on any atom is -0.368 e. The van der Waals surface area contributed by atoms with Gasteiger partial charge < -0.3 is 11.1 Å². The summed E-state index contributed by atoms with van der Waals surface area (Å²) in [6.07, 6.45) is -4.50. The normalized spacial score (nSPS) is 12.1.